The zero-order chi connectivity index (χ0) is 19.7. The molecule has 2 aromatic rings. The average Bonchev–Trinajstić information content (AvgIpc) is 3.38. The molecular weight excluding hydrogens is 381 g/mol. The molecule has 4 rings (SSSR count). The number of hydrogen-bond donors (Lipinski definition) is 1. The molecule has 2 aliphatic rings. The lowest BCUT2D eigenvalue weighted by molar-refractivity contribution is -0.125. The number of anilines is 1. The maximum absolute atomic E-state index is 15.2. The molecule has 28 heavy (non-hydrogen) atoms. The molecule has 0 saturated carbocycles. The van der Waals surface area contributed by atoms with Gasteiger partial charge in [-0.15, -0.1) is 0 Å². The predicted molar refractivity (Wildman–Crippen MR) is 108 cm³/mol. The van der Waals surface area contributed by atoms with Crippen molar-refractivity contribution in [1.29, 1.82) is 0 Å². The van der Waals surface area contributed by atoms with Gasteiger partial charge in [-0.1, -0.05) is 17.4 Å². The average molecular weight is 408 g/mol. The second-order valence-corrected chi connectivity index (χ2v) is 8.65. The molecule has 1 aromatic heterocycles. The fourth-order valence-corrected chi connectivity index (χ4v) is 4.91. The molecule has 1 unspecified atom stereocenters. The Morgan fingerprint density at radius 3 is 2.93 bits per heavy atom. The lowest BCUT2D eigenvalue weighted by atomic mass is 9.93. The van der Waals surface area contributed by atoms with Crippen LogP contribution in [-0.4, -0.2) is 56.5 Å². The van der Waals surface area contributed by atoms with Gasteiger partial charge in [-0.3, -0.25) is 4.79 Å². The number of aryl methyl sites for hydroxylation is 1. The molecule has 8 heteroatoms. The maximum Gasteiger partial charge on any atom is 0.225 e. The van der Waals surface area contributed by atoms with Crippen LogP contribution in [0.1, 0.15) is 24.8 Å². The lowest BCUT2D eigenvalue weighted by Gasteiger charge is -2.36. The van der Waals surface area contributed by atoms with E-state index in [9.17, 15) is 4.79 Å². The van der Waals surface area contributed by atoms with Crippen molar-refractivity contribution in [2.75, 3.05) is 44.9 Å². The number of alkyl halides is 1. The van der Waals surface area contributed by atoms with E-state index < -0.39 is 5.67 Å². The Morgan fingerprint density at radius 1 is 1.46 bits per heavy atom. The van der Waals surface area contributed by atoms with E-state index in [1.54, 1.807) is 18.4 Å². The first kappa shape index (κ1) is 19.4. The number of carbonyl (C=O) groups is 1. The number of halogens is 1. The minimum absolute atomic E-state index is 0.0724. The largest absolute Gasteiger partial charge is 0.494 e. The summed E-state index contributed by atoms with van der Waals surface area (Å²) in [5.74, 6) is 0.536. The molecule has 1 atom stereocenters. The fraction of sp³-hybridized carbons (Fsp3) is 0.600. The lowest BCUT2D eigenvalue weighted by Crippen LogP contribution is -2.49. The molecule has 0 spiro atoms. The molecule has 2 aliphatic heterocycles. The number of carbonyl (C=O) groups excluding carboxylic acids is 1. The SMILES string of the molecule is COc1ccc(C)c2sc(N3CCC(F)(CNC(=O)C4CCOC4)CC3)nc12. The highest BCUT2D eigenvalue weighted by atomic mass is 32.1. The number of nitrogens with zero attached hydrogens (tertiary/aromatic N) is 2. The molecule has 0 radical (unpaired) electrons. The molecule has 2 fully saturated rings. The molecule has 6 nitrogen and oxygen atoms in total. The summed E-state index contributed by atoms with van der Waals surface area (Å²) < 4.78 is 27.0. The van der Waals surface area contributed by atoms with Crippen LogP contribution in [0.15, 0.2) is 12.1 Å². The van der Waals surface area contributed by atoms with Crippen molar-refractivity contribution in [3.8, 4) is 5.75 Å². The van der Waals surface area contributed by atoms with Gasteiger partial charge in [0.15, 0.2) is 5.13 Å². The minimum atomic E-state index is -1.37. The maximum atomic E-state index is 15.2. The summed E-state index contributed by atoms with van der Waals surface area (Å²) in [6.45, 7) is 4.35. The number of methoxy groups -OCH3 is 1. The van der Waals surface area contributed by atoms with Crippen molar-refractivity contribution in [3.63, 3.8) is 0 Å². The van der Waals surface area contributed by atoms with Gasteiger partial charge in [-0.25, -0.2) is 9.37 Å². The number of piperidine rings is 1. The van der Waals surface area contributed by atoms with Gasteiger partial charge in [0, 0.05) is 32.5 Å². The first-order chi connectivity index (χ1) is 13.5. The van der Waals surface area contributed by atoms with E-state index in [-0.39, 0.29) is 18.4 Å². The third-order valence-electron chi connectivity index (χ3n) is 5.72. The van der Waals surface area contributed by atoms with E-state index in [1.807, 2.05) is 12.1 Å². The smallest absolute Gasteiger partial charge is 0.225 e. The standard InChI is InChI=1S/C20H26FN3O3S/c1-13-3-4-15(26-2)16-17(13)28-19(23-16)24-8-6-20(21,7-9-24)12-22-18(25)14-5-10-27-11-14/h3-4,14H,5-12H2,1-2H3,(H,22,25). The first-order valence-corrected chi connectivity index (χ1v) is 10.5. The first-order valence-electron chi connectivity index (χ1n) is 9.72. The summed E-state index contributed by atoms with van der Waals surface area (Å²) in [6.07, 6.45) is 1.47. The van der Waals surface area contributed by atoms with Gasteiger partial charge in [0.25, 0.3) is 0 Å². The van der Waals surface area contributed by atoms with Crippen molar-refractivity contribution < 1.29 is 18.7 Å². The Kier molecular flexibility index (Phi) is 5.42. The van der Waals surface area contributed by atoms with Crippen LogP contribution < -0.4 is 15.0 Å². The normalized spacial score (nSPS) is 21.8. The molecule has 1 N–H and O–H groups in total. The van der Waals surface area contributed by atoms with Crippen LogP contribution in [0.25, 0.3) is 10.2 Å². The highest BCUT2D eigenvalue weighted by Crippen LogP contribution is 2.38. The molecule has 3 heterocycles. The Bertz CT molecular complexity index is 858. The fourth-order valence-electron chi connectivity index (χ4n) is 3.81. The van der Waals surface area contributed by atoms with Crippen molar-refractivity contribution in [2.45, 2.75) is 31.9 Å². The zero-order valence-electron chi connectivity index (χ0n) is 16.3. The Morgan fingerprint density at radius 2 is 2.25 bits per heavy atom. The molecule has 1 aromatic carbocycles. The number of thiazole rings is 1. The van der Waals surface area contributed by atoms with Gasteiger partial charge in [0.2, 0.25) is 5.91 Å². The van der Waals surface area contributed by atoms with Crippen molar-refractivity contribution >= 4 is 32.6 Å². The second kappa shape index (κ2) is 7.83. The molecule has 152 valence electrons. The van der Waals surface area contributed by atoms with Gasteiger partial charge in [-0.05, 0) is 25.0 Å². The quantitative estimate of drug-likeness (QED) is 0.825. The van der Waals surface area contributed by atoms with Gasteiger partial charge >= 0.3 is 0 Å². The van der Waals surface area contributed by atoms with Crippen LogP contribution in [-0.2, 0) is 9.53 Å². The number of benzene rings is 1. The summed E-state index contributed by atoms with van der Waals surface area (Å²) in [4.78, 5) is 19.0. The van der Waals surface area contributed by atoms with Gasteiger partial charge in [0.1, 0.15) is 16.9 Å². The summed E-state index contributed by atoms with van der Waals surface area (Å²) >= 11 is 1.62. The van der Waals surface area contributed by atoms with Crippen LogP contribution in [0.3, 0.4) is 0 Å². The number of amides is 1. The van der Waals surface area contributed by atoms with Crippen LogP contribution in [0.2, 0.25) is 0 Å². The van der Waals surface area contributed by atoms with Gasteiger partial charge < -0.3 is 19.7 Å². The summed E-state index contributed by atoms with van der Waals surface area (Å²) in [6, 6.07) is 3.96. The molecule has 0 aliphatic carbocycles. The third-order valence-corrected chi connectivity index (χ3v) is 6.97. The van der Waals surface area contributed by atoms with E-state index in [1.165, 1.54) is 0 Å². The summed E-state index contributed by atoms with van der Waals surface area (Å²) in [7, 11) is 1.65. The number of rotatable bonds is 5. The Labute approximate surface area is 168 Å². The predicted octanol–water partition coefficient (Wildman–Crippen LogP) is 3.07. The number of hydrogen-bond acceptors (Lipinski definition) is 6. The van der Waals surface area contributed by atoms with E-state index in [0.29, 0.717) is 39.1 Å². The Balaban J connectivity index is 1.39. The summed E-state index contributed by atoms with van der Waals surface area (Å²) in [5, 5.41) is 3.69. The number of fused-ring (bicyclic) bond motifs is 1. The van der Waals surface area contributed by atoms with E-state index in [4.69, 9.17) is 14.5 Å². The van der Waals surface area contributed by atoms with Crippen LogP contribution in [0, 0.1) is 12.8 Å². The second-order valence-electron chi connectivity index (χ2n) is 7.68. The number of aromatic nitrogens is 1. The van der Waals surface area contributed by atoms with Crippen LogP contribution >= 0.6 is 11.3 Å². The van der Waals surface area contributed by atoms with Gasteiger partial charge in [-0.2, -0.15) is 0 Å². The zero-order valence-corrected chi connectivity index (χ0v) is 17.1. The topological polar surface area (TPSA) is 63.7 Å². The number of nitrogens with one attached hydrogen (secondary N) is 1. The molecule has 1 amide bonds. The van der Waals surface area contributed by atoms with Gasteiger partial charge in [0.05, 0.1) is 30.9 Å². The highest BCUT2D eigenvalue weighted by Gasteiger charge is 2.36. The van der Waals surface area contributed by atoms with E-state index >= 15 is 4.39 Å². The molecule has 2 saturated heterocycles. The summed E-state index contributed by atoms with van der Waals surface area (Å²) in [5.41, 5.74) is 0.663. The third kappa shape index (κ3) is 3.80. The molecular formula is C20H26FN3O3S. The van der Waals surface area contributed by atoms with Crippen LogP contribution in [0.5, 0.6) is 5.75 Å². The van der Waals surface area contributed by atoms with Crippen LogP contribution in [0.4, 0.5) is 9.52 Å². The van der Waals surface area contributed by atoms with E-state index in [2.05, 4.69) is 17.1 Å². The van der Waals surface area contributed by atoms with Crippen molar-refractivity contribution in [1.82, 2.24) is 10.3 Å². The van der Waals surface area contributed by atoms with Crippen molar-refractivity contribution in [3.05, 3.63) is 17.7 Å². The van der Waals surface area contributed by atoms with E-state index in [0.717, 1.165) is 33.1 Å². The minimum Gasteiger partial charge on any atom is -0.494 e. The monoisotopic (exact) mass is 407 g/mol. The Hall–Kier alpha value is -1.93. The number of ether oxygens (including phenoxy) is 2. The van der Waals surface area contributed by atoms with Crippen molar-refractivity contribution in [2.24, 2.45) is 5.92 Å². The highest BCUT2D eigenvalue weighted by molar-refractivity contribution is 7.22. The molecule has 0 bridgehead atoms.